The van der Waals surface area contributed by atoms with Crippen LogP contribution in [0.1, 0.15) is 30.7 Å². The number of benzene rings is 1. The lowest BCUT2D eigenvalue weighted by Crippen LogP contribution is -2.50. The van der Waals surface area contributed by atoms with Crippen LogP contribution in [0.2, 0.25) is 0 Å². The highest BCUT2D eigenvalue weighted by molar-refractivity contribution is 14.0. The number of guanidine groups is 1. The fourth-order valence-electron chi connectivity index (χ4n) is 3.30. The van der Waals surface area contributed by atoms with Gasteiger partial charge in [0.2, 0.25) is 0 Å². The maximum Gasteiger partial charge on any atom is 0.409 e. The van der Waals surface area contributed by atoms with Crippen molar-refractivity contribution in [2.75, 3.05) is 27.2 Å². The van der Waals surface area contributed by atoms with Crippen LogP contribution in [-0.2, 0) is 4.74 Å². The molecule has 1 aliphatic carbocycles. The number of likely N-dealkylation sites (tertiary alicyclic amines) is 1. The van der Waals surface area contributed by atoms with Gasteiger partial charge in [0.05, 0.1) is 7.11 Å². The smallest absolute Gasteiger partial charge is 0.409 e. The molecule has 6 nitrogen and oxygen atoms in total. The molecule has 1 aliphatic heterocycles. The average molecular weight is 458 g/mol. The van der Waals surface area contributed by atoms with Crippen LogP contribution in [0.25, 0.3) is 0 Å². The van der Waals surface area contributed by atoms with Gasteiger partial charge in [0.15, 0.2) is 5.96 Å². The second-order valence-corrected chi connectivity index (χ2v) is 6.45. The first kappa shape index (κ1) is 19.8. The fraction of sp³-hybridized carbons (Fsp3) is 0.556. The van der Waals surface area contributed by atoms with Gasteiger partial charge in [-0.25, -0.2) is 4.79 Å². The lowest BCUT2D eigenvalue weighted by Gasteiger charge is -2.32. The Kier molecular flexibility index (Phi) is 7.34. The van der Waals surface area contributed by atoms with Crippen LogP contribution in [0.5, 0.6) is 0 Å². The number of aliphatic imine (C=N–C) groups is 1. The first-order valence-corrected chi connectivity index (χ1v) is 8.59. The maximum absolute atomic E-state index is 11.5. The van der Waals surface area contributed by atoms with Crippen LogP contribution in [0.15, 0.2) is 35.3 Å². The van der Waals surface area contributed by atoms with E-state index in [0.717, 1.165) is 38.3 Å². The molecule has 2 aliphatic rings. The Balaban J connectivity index is 0.00000225. The Labute approximate surface area is 166 Å². The third-order valence-corrected chi connectivity index (χ3v) is 4.83. The zero-order valence-corrected chi connectivity index (χ0v) is 17.1. The van der Waals surface area contributed by atoms with Gasteiger partial charge < -0.3 is 20.3 Å². The van der Waals surface area contributed by atoms with E-state index in [-0.39, 0.29) is 30.1 Å². The van der Waals surface area contributed by atoms with Gasteiger partial charge in [-0.05, 0) is 24.8 Å². The third kappa shape index (κ3) is 5.23. The largest absolute Gasteiger partial charge is 0.453 e. The van der Waals surface area contributed by atoms with Crippen molar-refractivity contribution in [1.29, 1.82) is 0 Å². The summed E-state index contributed by atoms with van der Waals surface area (Å²) in [6, 6.07) is 11.4. The number of hydrogen-bond acceptors (Lipinski definition) is 3. The van der Waals surface area contributed by atoms with Crippen molar-refractivity contribution in [3.05, 3.63) is 35.9 Å². The highest BCUT2D eigenvalue weighted by atomic mass is 127. The van der Waals surface area contributed by atoms with Gasteiger partial charge in [-0.3, -0.25) is 4.99 Å². The van der Waals surface area contributed by atoms with Crippen LogP contribution in [0, 0.1) is 0 Å². The van der Waals surface area contributed by atoms with Crippen LogP contribution in [0.3, 0.4) is 0 Å². The summed E-state index contributed by atoms with van der Waals surface area (Å²) in [5.41, 5.74) is 1.39. The van der Waals surface area contributed by atoms with Crippen LogP contribution in [0.4, 0.5) is 4.79 Å². The van der Waals surface area contributed by atoms with E-state index in [1.54, 1.807) is 11.9 Å². The Hall–Kier alpha value is -1.51. The minimum absolute atomic E-state index is 0. The van der Waals surface area contributed by atoms with Crippen molar-refractivity contribution in [2.24, 2.45) is 4.99 Å². The van der Waals surface area contributed by atoms with E-state index in [1.165, 1.54) is 12.7 Å². The Morgan fingerprint density at radius 2 is 1.88 bits per heavy atom. The number of amides is 1. The predicted octanol–water partition coefficient (Wildman–Crippen LogP) is 2.56. The summed E-state index contributed by atoms with van der Waals surface area (Å²) in [5.74, 6) is 1.43. The number of nitrogens with zero attached hydrogens (tertiary/aromatic N) is 2. The number of hydrogen-bond donors (Lipinski definition) is 2. The topological polar surface area (TPSA) is 66.0 Å². The lowest BCUT2D eigenvalue weighted by molar-refractivity contribution is 0.111. The molecule has 1 heterocycles. The Bertz CT molecular complexity index is 588. The number of halogens is 1. The van der Waals surface area contributed by atoms with Crippen molar-refractivity contribution in [1.82, 2.24) is 15.5 Å². The molecule has 0 bridgehead atoms. The van der Waals surface area contributed by atoms with E-state index in [0.29, 0.717) is 18.0 Å². The molecule has 0 aromatic heterocycles. The van der Waals surface area contributed by atoms with E-state index in [1.807, 2.05) is 0 Å². The van der Waals surface area contributed by atoms with Crippen molar-refractivity contribution >= 4 is 36.0 Å². The molecule has 1 amide bonds. The summed E-state index contributed by atoms with van der Waals surface area (Å²) in [7, 11) is 3.23. The SMILES string of the molecule is CN=C(NC1CCN(C(=O)OC)CC1)NC1CC1c1ccccc1.I. The number of carbonyl (C=O) groups is 1. The molecular formula is C18H27IN4O2. The molecular weight excluding hydrogens is 431 g/mol. The van der Waals surface area contributed by atoms with Gasteiger partial charge in [0, 0.05) is 38.1 Å². The molecule has 7 heteroatoms. The van der Waals surface area contributed by atoms with Gasteiger partial charge in [-0.1, -0.05) is 30.3 Å². The van der Waals surface area contributed by atoms with Crippen LogP contribution in [-0.4, -0.2) is 56.3 Å². The number of piperidine rings is 1. The highest BCUT2D eigenvalue weighted by Gasteiger charge is 2.39. The van der Waals surface area contributed by atoms with Gasteiger partial charge in [-0.2, -0.15) is 0 Å². The van der Waals surface area contributed by atoms with Crippen molar-refractivity contribution in [2.45, 2.75) is 37.3 Å². The van der Waals surface area contributed by atoms with Gasteiger partial charge in [0.25, 0.3) is 0 Å². The van der Waals surface area contributed by atoms with Crippen molar-refractivity contribution in [3.8, 4) is 0 Å². The molecule has 1 saturated heterocycles. The van der Waals surface area contributed by atoms with Gasteiger partial charge >= 0.3 is 6.09 Å². The summed E-state index contributed by atoms with van der Waals surface area (Å²) in [6.45, 7) is 1.44. The second kappa shape index (κ2) is 9.26. The Morgan fingerprint density at radius 1 is 1.20 bits per heavy atom. The van der Waals surface area contributed by atoms with E-state index in [4.69, 9.17) is 4.74 Å². The summed E-state index contributed by atoms with van der Waals surface area (Å²) in [4.78, 5) is 17.6. The molecule has 2 fully saturated rings. The van der Waals surface area contributed by atoms with E-state index in [9.17, 15) is 4.79 Å². The molecule has 3 rings (SSSR count). The van der Waals surface area contributed by atoms with Gasteiger partial charge in [-0.15, -0.1) is 24.0 Å². The number of nitrogens with one attached hydrogen (secondary N) is 2. The van der Waals surface area contributed by atoms with E-state index < -0.39 is 0 Å². The number of ether oxygens (including phenoxy) is 1. The molecule has 138 valence electrons. The molecule has 2 atom stereocenters. The molecule has 25 heavy (non-hydrogen) atoms. The summed E-state index contributed by atoms with van der Waals surface area (Å²) in [5, 5.41) is 7.00. The standard InChI is InChI=1S/C18H26N4O2.HI/c1-19-17(20-14-8-10-22(11-9-14)18(23)24-2)21-16-12-15(16)13-6-4-3-5-7-13;/h3-7,14-16H,8-12H2,1-2H3,(H2,19,20,21);1H. The Morgan fingerprint density at radius 3 is 2.48 bits per heavy atom. The minimum atomic E-state index is -0.236. The molecule has 0 radical (unpaired) electrons. The molecule has 2 unspecified atom stereocenters. The summed E-state index contributed by atoms with van der Waals surface area (Å²) < 4.78 is 4.77. The maximum atomic E-state index is 11.5. The number of methoxy groups -OCH3 is 1. The normalized spacial score (nSPS) is 23.4. The number of carbonyl (C=O) groups excluding carboxylic acids is 1. The second-order valence-electron chi connectivity index (χ2n) is 6.45. The molecule has 1 aromatic carbocycles. The summed E-state index contributed by atoms with van der Waals surface area (Å²) in [6.07, 6.45) is 2.72. The zero-order chi connectivity index (χ0) is 16.9. The fourth-order valence-corrected chi connectivity index (χ4v) is 3.30. The van der Waals surface area contributed by atoms with Crippen molar-refractivity contribution < 1.29 is 9.53 Å². The first-order valence-electron chi connectivity index (χ1n) is 8.59. The zero-order valence-electron chi connectivity index (χ0n) is 14.8. The van der Waals surface area contributed by atoms with E-state index >= 15 is 0 Å². The molecule has 2 N–H and O–H groups in total. The predicted molar refractivity (Wildman–Crippen MR) is 110 cm³/mol. The quantitative estimate of drug-likeness (QED) is 0.415. The first-order chi connectivity index (χ1) is 11.7. The molecule has 1 saturated carbocycles. The monoisotopic (exact) mass is 458 g/mol. The van der Waals surface area contributed by atoms with Crippen molar-refractivity contribution in [3.63, 3.8) is 0 Å². The third-order valence-electron chi connectivity index (χ3n) is 4.83. The van der Waals surface area contributed by atoms with Crippen LogP contribution < -0.4 is 10.6 Å². The number of rotatable bonds is 3. The van der Waals surface area contributed by atoms with E-state index in [2.05, 4.69) is 46.0 Å². The van der Waals surface area contributed by atoms with Gasteiger partial charge in [0.1, 0.15) is 0 Å². The summed E-state index contributed by atoms with van der Waals surface area (Å²) >= 11 is 0. The molecule has 0 spiro atoms. The minimum Gasteiger partial charge on any atom is -0.453 e. The lowest BCUT2D eigenvalue weighted by atomic mass is 10.1. The molecule has 1 aromatic rings. The average Bonchev–Trinajstić information content (AvgIpc) is 3.41. The highest BCUT2D eigenvalue weighted by Crippen LogP contribution is 2.40. The van der Waals surface area contributed by atoms with Crippen LogP contribution >= 0.6 is 24.0 Å².